The lowest BCUT2D eigenvalue weighted by molar-refractivity contribution is 0.487. The highest BCUT2D eigenvalue weighted by molar-refractivity contribution is 7.16. The number of thiophene rings is 1. The van der Waals surface area contributed by atoms with Crippen molar-refractivity contribution >= 4 is 22.9 Å². The fourth-order valence-corrected chi connectivity index (χ4v) is 2.71. The van der Waals surface area contributed by atoms with Gasteiger partial charge in [-0.2, -0.15) is 0 Å². The van der Waals surface area contributed by atoms with Gasteiger partial charge in [0, 0.05) is 29.6 Å². The van der Waals surface area contributed by atoms with Crippen LogP contribution in [-0.2, 0) is 13.0 Å². The second-order valence-electron chi connectivity index (χ2n) is 3.99. The van der Waals surface area contributed by atoms with Crippen LogP contribution in [0.1, 0.15) is 10.4 Å². The molecule has 1 aromatic carbocycles. The highest BCUT2D eigenvalue weighted by Gasteiger charge is 2.09. The van der Waals surface area contributed by atoms with Crippen molar-refractivity contribution in [3.8, 4) is 0 Å². The summed E-state index contributed by atoms with van der Waals surface area (Å²) in [6.07, 6.45) is 0.753. The minimum Gasteiger partial charge on any atom is -0.312 e. The molecular formula is C13H11ClF3NS. The molecule has 0 unspecified atom stereocenters. The first-order valence-electron chi connectivity index (χ1n) is 5.64. The van der Waals surface area contributed by atoms with Gasteiger partial charge in [0.15, 0.2) is 11.6 Å². The highest BCUT2D eigenvalue weighted by atomic mass is 35.5. The number of nitrogens with one attached hydrogen (secondary N) is 1. The molecule has 0 saturated carbocycles. The van der Waals surface area contributed by atoms with E-state index in [4.69, 9.17) is 11.6 Å². The average Bonchev–Trinajstić information content (AvgIpc) is 2.77. The third kappa shape index (κ3) is 3.96. The Morgan fingerprint density at radius 1 is 1.05 bits per heavy atom. The van der Waals surface area contributed by atoms with Crippen molar-refractivity contribution in [2.75, 3.05) is 6.54 Å². The third-order valence-corrected chi connectivity index (χ3v) is 3.87. The molecule has 0 fully saturated rings. The Balaban J connectivity index is 1.84. The van der Waals surface area contributed by atoms with Crippen LogP contribution in [0, 0.1) is 17.5 Å². The van der Waals surface area contributed by atoms with Gasteiger partial charge in [-0.15, -0.1) is 11.3 Å². The van der Waals surface area contributed by atoms with Gasteiger partial charge in [-0.25, -0.2) is 13.2 Å². The monoisotopic (exact) mass is 305 g/mol. The van der Waals surface area contributed by atoms with E-state index in [1.165, 1.54) is 11.3 Å². The molecule has 2 rings (SSSR count). The van der Waals surface area contributed by atoms with Crippen LogP contribution in [0.5, 0.6) is 0 Å². The maximum absolute atomic E-state index is 13.3. The van der Waals surface area contributed by atoms with Crippen molar-refractivity contribution in [1.29, 1.82) is 0 Å². The van der Waals surface area contributed by atoms with Gasteiger partial charge in [-0.05, 0) is 24.6 Å². The molecule has 2 aromatic rings. The zero-order valence-corrected chi connectivity index (χ0v) is 11.4. The summed E-state index contributed by atoms with van der Waals surface area (Å²) in [7, 11) is 0. The van der Waals surface area contributed by atoms with E-state index in [0.717, 1.165) is 21.7 Å². The van der Waals surface area contributed by atoms with Gasteiger partial charge >= 0.3 is 0 Å². The molecule has 102 valence electrons. The molecule has 0 amide bonds. The first-order valence-corrected chi connectivity index (χ1v) is 6.84. The first-order chi connectivity index (χ1) is 9.06. The molecule has 0 spiro atoms. The van der Waals surface area contributed by atoms with Gasteiger partial charge in [-0.1, -0.05) is 11.6 Å². The zero-order valence-electron chi connectivity index (χ0n) is 9.85. The van der Waals surface area contributed by atoms with Crippen molar-refractivity contribution < 1.29 is 13.2 Å². The minimum absolute atomic E-state index is 0.114. The Bertz CT molecular complexity index is 571. The molecule has 0 radical (unpaired) electrons. The molecule has 0 bridgehead atoms. The number of benzene rings is 1. The molecule has 1 heterocycles. The van der Waals surface area contributed by atoms with Gasteiger partial charge in [0.05, 0.1) is 4.34 Å². The van der Waals surface area contributed by atoms with E-state index in [0.29, 0.717) is 12.6 Å². The number of rotatable bonds is 5. The summed E-state index contributed by atoms with van der Waals surface area (Å²) in [5, 5.41) is 2.98. The van der Waals surface area contributed by atoms with Crippen LogP contribution < -0.4 is 5.32 Å². The van der Waals surface area contributed by atoms with Crippen LogP contribution in [0.2, 0.25) is 4.34 Å². The fraction of sp³-hybridized carbons (Fsp3) is 0.231. The lowest BCUT2D eigenvalue weighted by Crippen LogP contribution is -2.17. The van der Waals surface area contributed by atoms with Crippen LogP contribution in [0.3, 0.4) is 0 Å². The van der Waals surface area contributed by atoms with Gasteiger partial charge in [0.2, 0.25) is 0 Å². The molecule has 1 aromatic heterocycles. The second kappa shape index (κ2) is 6.41. The molecule has 0 aliphatic rings. The van der Waals surface area contributed by atoms with Crippen LogP contribution >= 0.6 is 22.9 Å². The van der Waals surface area contributed by atoms with E-state index in [9.17, 15) is 13.2 Å². The molecule has 0 saturated heterocycles. The summed E-state index contributed by atoms with van der Waals surface area (Å²) < 4.78 is 39.7. The topological polar surface area (TPSA) is 12.0 Å². The molecule has 0 aliphatic carbocycles. The quantitative estimate of drug-likeness (QED) is 0.646. The summed E-state index contributed by atoms with van der Waals surface area (Å²) in [4.78, 5) is 1.11. The molecule has 19 heavy (non-hydrogen) atoms. The van der Waals surface area contributed by atoms with Crippen molar-refractivity contribution in [1.82, 2.24) is 5.32 Å². The van der Waals surface area contributed by atoms with Crippen molar-refractivity contribution in [3.63, 3.8) is 0 Å². The van der Waals surface area contributed by atoms with Crippen molar-refractivity contribution in [3.05, 3.63) is 56.5 Å². The van der Waals surface area contributed by atoms with Crippen LogP contribution in [0.4, 0.5) is 13.2 Å². The fourth-order valence-electron chi connectivity index (χ4n) is 1.62. The maximum Gasteiger partial charge on any atom is 0.161 e. The third-order valence-electron chi connectivity index (χ3n) is 2.58. The Morgan fingerprint density at radius 3 is 2.47 bits per heavy atom. The first kappa shape index (κ1) is 14.4. The number of hydrogen-bond acceptors (Lipinski definition) is 2. The van der Waals surface area contributed by atoms with Gasteiger partial charge in [0.25, 0.3) is 0 Å². The Morgan fingerprint density at radius 2 is 1.79 bits per heavy atom. The molecule has 0 aliphatic heterocycles. The van der Waals surface area contributed by atoms with E-state index in [1.54, 1.807) is 0 Å². The van der Waals surface area contributed by atoms with Gasteiger partial charge in [-0.3, -0.25) is 0 Å². The van der Waals surface area contributed by atoms with Crippen molar-refractivity contribution in [2.24, 2.45) is 0 Å². The Hall–Kier alpha value is -1.04. The van der Waals surface area contributed by atoms with E-state index < -0.39 is 17.5 Å². The van der Waals surface area contributed by atoms with Crippen LogP contribution in [0.25, 0.3) is 0 Å². The predicted octanol–water partition coefficient (Wildman–Crippen LogP) is 4.15. The Kier molecular flexibility index (Phi) is 4.85. The summed E-state index contributed by atoms with van der Waals surface area (Å²) in [5.41, 5.74) is 0.114. The summed E-state index contributed by atoms with van der Waals surface area (Å²) >= 11 is 7.28. The summed E-state index contributed by atoms with van der Waals surface area (Å²) in [5.74, 6) is -2.96. The normalized spacial score (nSPS) is 10.9. The zero-order chi connectivity index (χ0) is 13.8. The van der Waals surface area contributed by atoms with E-state index in [2.05, 4.69) is 5.32 Å². The largest absolute Gasteiger partial charge is 0.312 e. The van der Waals surface area contributed by atoms with Crippen molar-refractivity contribution in [2.45, 2.75) is 13.0 Å². The molecule has 6 heteroatoms. The van der Waals surface area contributed by atoms with Gasteiger partial charge in [0.1, 0.15) is 5.82 Å². The predicted molar refractivity (Wildman–Crippen MR) is 71.1 cm³/mol. The van der Waals surface area contributed by atoms with Gasteiger partial charge < -0.3 is 5.32 Å². The lowest BCUT2D eigenvalue weighted by atomic mass is 10.2. The average molecular weight is 306 g/mol. The second-order valence-corrected chi connectivity index (χ2v) is 5.79. The van der Waals surface area contributed by atoms with Crippen LogP contribution in [-0.4, -0.2) is 6.54 Å². The molecular weight excluding hydrogens is 295 g/mol. The maximum atomic E-state index is 13.3. The highest BCUT2D eigenvalue weighted by Crippen LogP contribution is 2.21. The minimum atomic E-state index is -1.17. The van der Waals surface area contributed by atoms with E-state index in [-0.39, 0.29) is 12.1 Å². The standard InChI is InChI=1S/C13H11ClF3NS/c14-13-2-1-9(19-13)3-4-18-7-8-5-11(16)12(17)6-10(8)15/h1-2,5-6,18H,3-4,7H2. The van der Waals surface area contributed by atoms with E-state index in [1.807, 2.05) is 12.1 Å². The smallest absolute Gasteiger partial charge is 0.161 e. The molecule has 0 atom stereocenters. The molecule has 1 N–H and O–H groups in total. The Labute approximate surface area is 118 Å². The van der Waals surface area contributed by atoms with Crippen LogP contribution in [0.15, 0.2) is 24.3 Å². The summed E-state index contributed by atoms with van der Waals surface area (Å²) in [6, 6.07) is 5.18. The summed E-state index contributed by atoms with van der Waals surface area (Å²) in [6.45, 7) is 0.761. The SMILES string of the molecule is Fc1cc(F)c(CNCCc2ccc(Cl)s2)cc1F. The number of hydrogen-bond donors (Lipinski definition) is 1. The number of halogens is 4. The van der Waals surface area contributed by atoms with E-state index >= 15 is 0 Å². The molecule has 1 nitrogen and oxygen atoms in total. The lowest BCUT2D eigenvalue weighted by Gasteiger charge is -2.06.